The molecular formula is C14H15N3O4. The number of morpholine rings is 1. The number of nitrogens with one attached hydrogen (secondary N) is 1. The van der Waals surface area contributed by atoms with Gasteiger partial charge in [-0.1, -0.05) is 18.2 Å². The van der Waals surface area contributed by atoms with Crippen LogP contribution in [0.5, 0.6) is 0 Å². The fraction of sp³-hybridized carbons (Fsp3) is 0.357. The molecule has 0 aliphatic carbocycles. The summed E-state index contributed by atoms with van der Waals surface area (Å²) in [4.78, 5) is 24.5. The van der Waals surface area contributed by atoms with Crippen molar-refractivity contribution in [2.75, 3.05) is 25.0 Å². The molecule has 110 valence electrons. The lowest BCUT2D eigenvalue weighted by atomic mass is 10.1. The average Bonchev–Trinajstić information content (AvgIpc) is 2.48. The number of nitriles is 1. The van der Waals surface area contributed by atoms with Crippen LogP contribution in [0.2, 0.25) is 0 Å². The number of ether oxygens (including phenoxy) is 1. The zero-order valence-corrected chi connectivity index (χ0v) is 11.3. The fourth-order valence-corrected chi connectivity index (χ4v) is 2.07. The van der Waals surface area contributed by atoms with Crippen LogP contribution in [0.1, 0.15) is 5.56 Å². The number of carbonyl (C=O) groups excluding carboxylic acids is 1. The number of anilines is 1. The number of para-hydroxylation sites is 1. The van der Waals surface area contributed by atoms with Crippen LogP contribution < -0.4 is 5.32 Å². The van der Waals surface area contributed by atoms with Gasteiger partial charge in [0.2, 0.25) is 0 Å². The molecule has 1 saturated heterocycles. The molecule has 7 heteroatoms. The largest absolute Gasteiger partial charge is 0.481 e. The average molecular weight is 289 g/mol. The minimum Gasteiger partial charge on any atom is -0.481 e. The lowest BCUT2D eigenvalue weighted by Gasteiger charge is -2.30. The quantitative estimate of drug-likeness (QED) is 0.866. The van der Waals surface area contributed by atoms with E-state index >= 15 is 0 Å². The molecule has 0 saturated carbocycles. The summed E-state index contributed by atoms with van der Waals surface area (Å²) in [5.74, 6) is -0.965. The summed E-state index contributed by atoms with van der Waals surface area (Å²) in [7, 11) is 0. The van der Waals surface area contributed by atoms with Gasteiger partial charge in [0, 0.05) is 12.2 Å². The molecule has 0 aromatic heterocycles. The Bertz CT molecular complexity index is 582. The van der Waals surface area contributed by atoms with E-state index in [-0.39, 0.29) is 19.0 Å². The topological polar surface area (TPSA) is 103 Å². The van der Waals surface area contributed by atoms with Gasteiger partial charge in [-0.2, -0.15) is 5.26 Å². The number of amides is 2. The van der Waals surface area contributed by atoms with Crippen molar-refractivity contribution >= 4 is 17.7 Å². The van der Waals surface area contributed by atoms with Crippen molar-refractivity contribution in [1.82, 2.24) is 4.90 Å². The van der Waals surface area contributed by atoms with E-state index in [0.717, 1.165) is 0 Å². The van der Waals surface area contributed by atoms with Crippen LogP contribution in [-0.4, -0.2) is 47.8 Å². The number of carboxylic acid groups (broad SMARTS) is 1. The van der Waals surface area contributed by atoms with E-state index in [9.17, 15) is 9.59 Å². The van der Waals surface area contributed by atoms with E-state index in [2.05, 4.69) is 5.32 Å². The van der Waals surface area contributed by atoms with Gasteiger partial charge in [0.25, 0.3) is 0 Å². The molecule has 1 aromatic carbocycles. The summed E-state index contributed by atoms with van der Waals surface area (Å²) in [6.45, 7) is 0.900. The zero-order valence-electron chi connectivity index (χ0n) is 11.3. The molecule has 2 amide bonds. The number of benzene rings is 1. The summed E-state index contributed by atoms with van der Waals surface area (Å²) < 4.78 is 5.17. The second kappa shape index (κ2) is 6.72. The highest BCUT2D eigenvalue weighted by atomic mass is 16.5. The van der Waals surface area contributed by atoms with Crippen molar-refractivity contribution < 1.29 is 19.4 Å². The first-order valence-corrected chi connectivity index (χ1v) is 6.47. The number of rotatable bonds is 3. The van der Waals surface area contributed by atoms with Crippen molar-refractivity contribution in [1.29, 1.82) is 5.26 Å². The number of carbonyl (C=O) groups is 2. The van der Waals surface area contributed by atoms with Crippen LogP contribution in [0.25, 0.3) is 0 Å². The van der Waals surface area contributed by atoms with E-state index in [0.29, 0.717) is 24.4 Å². The normalized spacial score (nSPS) is 17.9. The van der Waals surface area contributed by atoms with Gasteiger partial charge in [-0.15, -0.1) is 0 Å². The third-order valence-corrected chi connectivity index (χ3v) is 3.10. The van der Waals surface area contributed by atoms with Gasteiger partial charge in [0.05, 0.1) is 25.6 Å². The first kappa shape index (κ1) is 14.8. The van der Waals surface area contributed by atoms with Crippen LogP contribution in [-0.2, 0) is 16.0 Å². The van der Waals surface area contributed by atoms with E-state index in [1.165, 1.54) is 4.90 Å². The molecule has 0 bridgehead atoms. The Morgan fingerprint density at radius 3 is 2.95 bits per heavy atom. The Morgan fingerprint density at radius 2 is 2.24 bits per heavy atom. The first-order chi connectivity index (χ1) is 10.1. The Hall–Kier alpha value is -2.59. The molecule has 2 rings (SSSR count). The summed E-state index contributed by atoms with van der Waals surface area (Å²) in [5.41, 5.74) is 0.994. The van der Waals surface area contributed by atoms with Gasteiger partial charge in [0.15, 0.2) is 6.10 Å². The van der Waals surface area contributed by atoms with Gasteiger partial charge in [-0.25, -0.2) is 4.79 Å². The molecule has 0 radical (unpaired) electrons. The summed E-state index contributed by atoms with van der Waals surface area (Å²) in [6, 6.07) is 8.35. The Morgan fingerprint density at radius 1 is 1.48 bits per heavy atom. The van der Waals surface area contributed by atoms with Crippen LogP contribution >= 0.6 is 0 Å². The second-order valence-electron chi connectivity index (χ2n) is 4.59. The number of nitrogens with zero attached hydrogens (tertiary/aromatic N) is 2. The number of hydrogen-bond acceptors (Lipinski definition) is 4. The van der Waals surface area contributed by atoms with Gasteiger partial charge < -0.3 is 20.1 Å². The summed E-state index contributed by atoms with van der Waals surface area (Å²) >= 11 is 0. The molecule has 7 nitrogen and oxygen atoms in total. The Kier molecular flexibility index (Phi) is 4.74. The van der Waals surface area contributed by atoms with Gasteiger partial charge in [-0.3, -0.25) is 4.79 Å². The maximum atomic E-state index is 12.2. The van der Waals surface area contributed by atoms with E-state index in [4.69, 9.17) is 15.1 Å². The summed E-state index contributed by atoms with van der Waals surface area (Å²) in [6.07, 6.45) is -0.792. The smallest absolute Gasteiger partial charge is 0.322 e. The molecule has 1 aliphatic heterocycles. The van der Waals surface area contributed by atoms with Crippen molar-refractivity contribution in [3.8, 4) is 6.07 Å². The zero-order chi connectivity index (χ0) is 15.2. The second-order valence-corrected chi connectivity index (χ2v) is 4.59. The molecule has 0 spiro atoms. The van der Waals surface area contributed by atoms with Gasteiger partial charge >= 0.3 is 12.0 Å². The SMILES string of the molecule is N#CC1CN(C(=O)Nc2ccccc2CC(=O)O)CCO1. The number of carboxylic acids is 1. The molecule has 1 heterocycles. The van der Waals surface area contributed by atoms with Crippen molar-refractivity contribution in [3.05, 3.63) is 29.8 Å². The number of hydrogen-bond donors (Lipinski definition) is 2. The lowest BCUT2D eigenvalue weighted by Crippen LogP contribution is -2.47. The minimum atomic E-state index is -0.965. The molecule has 1 aliphatic rings. The molecule has 1 unspecified atom stereocenters. The van der Waals surface area contributed by atoms with E-state index < -0.39 is 12.1 Å². The predicted octanol–water partition coefficient (Wildman–Crippen LogP) is 1.07. The summed E-state index contributed by atoms with van der Waals surface area (Å²) in [5, 5.41) is 20.4. The highest BCUT2D eigenvalue weighted by Gasteiger charge is 2.24. The Labute approximate surface area is 121 Å². The standard InChI is InChI=1S/C14H15N3O4/c15-8-11-9-17(5-6-21-11)14(20)16-12-4-2-1-3-10(12)7-13(18)19/h1-4,11H,5-7,9H2,(H,16,20)(H,18,19). The van der Waals surface area contributed by atoms with Crippen molar-refractivity contribution in [3.63, 3.8) is 0 Å². The lowest BCUT2D eigenvalue weighted by molar-refractivity contribution is -0.136. The van der Waals surface area contributed by atoms with E-state index in [1.807, 2.05) is 6.07 Å². The molecule has 2 N–H and O–H groups in total. The molecule has 21 heavy (non-hydrogen) atoms. The third-order valence-electron chi connectivity index (χ3n) is 3.10. The third kappa shape index (κ3) is 3.94. The molecule has 1 fully saturated rings. The maximum absolute atomic E-state index is 12.2. The Balaban J connectivity index is 2.06. The van der Waals surface area contributed by atoms with Gasteiger partial charge in [0.1, 0.15) is 0 Å². The van der Waals surface area contributed by atoms with Crippen molar-refractivity contribution in [2.45, 2.75) is 12.5 Å². The monoisotopic (exact) mass is 289 g/mol. The van der Waals surface area contributed by atoms with Crippen molar-refractivity contribution in [2.24, 2.45) is 0 Å². The van der Waals surface area contributed by atoms with E-state index in [1.54, 1.807) is 24.3 Å². The fourth-order valence-electron chi connectivity index (χ4n) is 2.07. The van der Waals surface area contributed by atoms with Gasteiger partial charge in [-0.05, 0) is 11.6 Å². The molecule has 1 aromatic rings. The van der Waals surface area contributed by atoms with Crippen LogP contribution in [0.4, 0.5) is 10.5 Å². The maximum Gasteiger partial charge on any atom is 0.322 e. The van der Waals surface area contributed by atoms with Crippen LogP contribution in [0.15, 0.2) is 24.3 Å². The van der Waals surface area contributed by atoms with Crippen LogP contribution in [0, 0.1) is 11.3 Å². The molecular weight excluding hydrogens is 274 g/mol. The first-order valence-electron chi connectivity index (χ1n) is 6.47. The minimum absolute atomic E-state index is 0.166. The van der Waals surface area contributed by atoms with Crippen LogP contribution in [0.3, 0.4) is 0 Å². The highest BCUT2D eigenvalue weighted by molar-refractivity contribution is 5.91. The highest BCUT2D eigenvalue weighted by Crippen LogP contribution is 2.17. The number of urea groups is 1. The number of aliphatic carboxylic acids is 1. The molecule has 1 atom stereocenters. The predicted molar refractivity (Wildman–Crippen MR) is 73.7 cm³/mol.